The SMILES string of the molecule is CC1Cc2ccccc2N1C(=O)CN(C)C1CCc2ccccc21. The summed E-state index contributed by atoms with van der Waals surface area (Å²) in [6.45, 7) is 2.61. The number of amides is 1. The van der Waals surface area contributed by atoms with Crippen molar-refractivity contribution in [2.24, 2.45) is 0 Å². The molecule has 0 saturated heterocycles. The Bertz CT molecular complexity index is 770. The summed E-state index contributed by atoms with van der Waals surface area (Å²) in [5.74, 6) is 0.208. The normalized spacial score (nSPS) is 21.9. The number of anilines is 1. The molecule has 2 unspecified atom stereocenters. The summed E-state index contributed by atoms with van der Waals surface area (Å²) >= 11 is 0. The first kappa shape index (κ1) is 15.4. The summed E-state index contributed by atoms with van der Waals surface area (Å²) in [6.07, 6.45) is 3.18. The third kappa shape index (κ3) is 2.53. The molecule has 2 aliphatic rings. The summed E-state index contributed by atoms with van der Waals surface area (Å²) < 4.78 is 0. The molecule has 1 aliphatic heterocycles. The Morgan fingerprint density at radius 1 is 1.12 bits per heavy atom. The van der Waals surface area contributed by atoms with Crippen molar-refractivity contribution in [1.82, 2.24) is 4.90 Å². The smallest absolute Gasteiger partial charge is 0.241 e. The number of benzene rings is 2. The zero-order chi connectivity index (χ0) is 16.7. The Kier molecular flexibility index (Phi) is 3.89. The van der Waals surface area contributed by atoms with Crippen LogP contribution in [0.4, 0.5) is 5.69 Å². The maximum Gasteiger partial charge on any atom is 0.241 e. The molecular weight excluding hydrogens is 296 g/mol. The second-order valence-corrected chi connectivity index (χ2v) is 7.11. The van der Waals surface area contributed by atoms with Gasteiger partial charge < -0.3 is 4.90 Å². The summed E-state index contributed by atoms with van der Waals surface area (Å²) in [4.78, 5) is 17.2. The fourth-order valence-corrected chi connectivity index (χ4v) is 4.34. The topological polar surface area (TPSA) is 23.6 Å². The second-order valence-electron chi connectivity index (χ2n) is 7.11. The zero-order valence-electron chi connectivity index (χ0n) is 14.4. The molecule has 24 heavy (non-hydrogen) atoms. The molecule has 124 valence electrons. The summed E-state index contributed by atoms with van der Waals surface area (Å²) in [5.41, 5.74) is 5.20. The van der Waals surface area contributed by atoms with Gasteiger partial charge >= 0.3 is 0 Å². The van der Waals surface area contributed by atoms with E-state index in [0.29, 0.717) is 12.6 Å². The van der Waals surface area contributed by atoms with Crippen molar-refractivity contribution in [2.45, 2.75) is 38.3 Å². The number of hydrogen-bond acceptors (Lipinski definition) is 2. The minimum absolute atomic E-state index is 0.208. The molecule has 0 fully saturated rings. The zero-order valence-corrected chi connectivity index (χ0v) is 14.4. The minimum Gasteiger partial charge on any atom is -0.308 e. The van der Waals surface area contributed by atoms with Crippen LogP contribution in [-0.4, -0.2) is 30.4 Å². The third-order valence-corrected chi connectivity index (χ3v) is 5.49. The molecule has 4 rings (SSSR count). The van der Waals surface area contributed by atoms with Gasteiger partial charge in [0.1, 0.15) is 0 Å². The predicted octanol–water partition coefficient (Wildman–Crippen LogP) is 3.58. The third-order valence-electron chi connectivity index (χ3n) is 5.49. The lowest BCUT2D eigenvalue weighted by atomic mass is 10.1. The number of rotatable bonds is 3. The van der Waals surface area contributed by atoms with Crippen molar-refractivity contribution in [2.75, 3.05) is 18.5 Å². The van der Waals surface area contributed by atoms with Crippen molar-refractivity contribution in [3.8, 4) is 0 Å². The molecular formula is C21H24N2O. The number of aryl methyl sites for hydroxylation is 1. The summed E-state index contributed by atoms with van der Waals surface area (Å²) in [7, 11) is 2.08. The Morgan fingerprint density at radius 2 is 1.83 bits per heavy atom. The van der Waals surface area contributed by atoms with Crippen LogP contribution < -0.4 is 4.90 Å². The number of carbonyl (C=O) groups is 1. The molecule has 1 aliphatic carbocycles. The predicted molar refractivity (Wildman–Crippen MR) is 97.2 cm³/mol. The molecule has 3 heteroatoms. The van der Waals surface area contributed by atoms with Crippen molar-refractivity contribution < 1.29 is 4.79 Å². The standard InChI is InChI=1S/C21H24N2O/c1-15-13-17-8-4-6-10-19(17)23(15)21(24)14-22(2)20-12-11-16-7-3-5-9-18(16)20/h3-10,15,20H,11-14H2,1-2H3. The van der Waals surface area contributed by atoms with E-state index in [1.165, 1.54) is 16.7 Å². The highest BCUT2D eigenvalue weighted by molar-refractivity contribution is 5.97. The van der Waals surface area contributed by atoms with Crippen LogP contribution in [-0.2, 0) is 17.6 Å². The Labute approximate surface area is 143 Å². The highest BCUT2D eigenvalue weighted by atomic mass is 16.2. The average Bonchev–Trinajstić information content (AvgIpc) is 3.14. The van der Waals surface area contributed by atoms with E-state index in [1.807, 2.05) is 11.0 Å². The van der Waals surface area contributed by atoms with Crippen LogP contribution in [0.3, 0.4) is 0 Å². The van der Waals surface area contributed by atoms with Gasteiger partial charge in [0.2, 0.25) is 5.91 Å². The second kappa shape index (κ2) is 6.06. The van der Waals surface area contributed by atoms with Crippen molar-refractivity contribution in [3.05, 3.63) is 65.2 Å². The van der Waals surface area contributed by atoms with Crippen LogP contribution in [0.25, 0.3) is 0 Å². The van der Waals surface area contributed by atoms with Crippen LogP contribution in [0.1, 0.15) is 36.1 Å². The molecule has 0 saturated carbocycles. The Hall–Kier alpha value is -2.13. The largest absolute Gasteiger partial charge is 0.308 e. The summed E-state index contributed by atoms with van der Waals surface area (Å²) in [5, 5.41) is 0. The van der Waals surface area contributed by atoms with Crippen LogP contribution in [0.2, 0.25) is 0 Å². The maximum atomic E-state index is 13.0. The highest BCUT2D eigenvalue weighted by Gasteiger charge is 2.33. The molecule has 0 aromatic heterocycles. The molecule has 3 nitrogen and oxygen atoms in total. The number of hydrogen-bond donors (Lipinski definition) is 0. The van der Waals surface area contributed by atoms with Gasteiger partial charge in [0.15, 0.2) is 0 Å². The van der Waals surface area contributed by atoms with Gasteiger partial charge in [-0.3, -0.25) is 9.69 Å². The van der Waals surface area contributed by atoms with E-state index in [1.54, 1.807) is 0 Å². The van der Waals surface area contributed by atoms with Gasteiger partial charge in [-0.25, -0.2) is 0 Å². The van der Waals surface area contributed by atoms with Crippen molar-refractivity contribution in [1.29, 1.82) is 0 Å². The van der Waals surface area contributed by atoms with Gasteiger partial charge in [-0.2, -0.15) is 0 Å². The average molecular weight is 320 g/mol. The molecule has 0 radical (unpaired) electrons. The molecule has 2 atom stereocenters. The van der Waals surface area contributed by atoms with E-state index in [4.69, 9.17) is 0 Å². The number of likely N-dealkylation sites (N-methyl/N-ethyl adjacent to an activating group) is 1. The molecule has 1 amide bonds. The number of nitrogens with zero attached hydrogens (tertiary/aromatic N) is 2. The van der Waals surface area contributed by atoms with Crippen molar-refractivity contribution in [3.63, 3.8) is 0 Å². The van der Waals surface area contributed by atoms with Crippen LogP contribution in [0.5, 0.6) is 0 Å². The molecule has 2 aromatic carbocycles. The monoisotopic (exact) mass is 320 g/mol. The lowest BCUT2D eigenvalue weighted by molar-refractivity contribution is -0.120. The maximum absolute atomic E-state index is 13.0. The van der Waals surface area contributed by atoms with Gasteiger partial charge in [0.25, 0.3) is 0 Å². The first-order valence-corrected chi connectivity index (χ1v) is 8.83. The van der Waals surface area contributed by atoms with Crippen molar-refractivity contribution >= 4 is 11.6 Å². The van der Waals surface area contributed by atoms with Gasteiger partial charge in [0.05, 0.1) is 6.54 Å². The Balaban J connectivity index is 1.51. The quantitative estimate of drug-likeness (QED) is 0.863. The number of para-hydroxylation sites is 1. The molecule has 0 spiro atoms. The fraction of sp³-hybridized carbons (Fsp3) is 0.381. The van der Waals surface area contributed by atoms with Crippen LogP contribution in [0.15, 0.2) is 48.5 Å². The van der Waals surface area contributed by atoms with E-state index in [2.05, 4.69) is 61.3 Å². The highest BCUT2D eigenvalue weighted by Crippen LogP contribution is 2.36. The molecule has 1 heterocycles. The van der Waals surface area contributed by atoms with E-state index in [-0.39, 0.29) is 11.9 Å². The van der Waals surface area contributed by atoms with E-state index < -0.39 is 0 Å². The summed E-state index contributed by atoms with van der Waals surface area (Å²) in [6, 6.07) is 17.5. The Morgan fingerprint density at radius 3 is 2.67 bits per heavy atom. The first-order valence-electron chi connectivity index (χ1n) is 8.83. The first-order chi connectivity index (χ1) is 11.6. The van der Waals surface area contributed by atoms with Crippen LogP contribution in [0, 0.1) is 0 Å². The van der Waals surface area contributed by atoms with Gasteiger partial charge in [-0.05, 0) is 56.0 Å². The van der Waals surface area contributed by atoms with E-state index in [0.717, 1.165) is 24.9 Å². The molecule has 2 aromatic rings. The van der Waals surface area contributed by atoms with E-state index in [9.17, 15) is 4.79 Å². The fourth-order valence-electron chi connectivity index (χ4n) is 4.34. The van der Waals surface area contributed by atoms with Gasteiger partial charge in [-0.1, -0.05) is 42.5 Å². The molecule has 0 N–H and O–H groups in total. The van der Waals surface area contributed by atoms with Gasteiger partial charge in [0, 0.05) is 17.8 Å². The van der Waals surface area contributed by atoms with Crippen LogP contribution >= 0.6 is 0 Å². The number of fused-ring (bicyclic) bond motifs is 2. The lowest BCUT2D eigenvalue weighted by Crippen LogP contribution is -2.42. The molecule has 0 bridgehead atoms. The van der Waals surface area contributed by atoms with E-state index >= 15 is 0 Å². The van der Waals surface area contributed by atoms with Gasteiger partial charge in [-0.15, -0.1) is 0 Å². The minimum atomic E-state index is 0.208. The lowest BCUT2D eigenvalue weighted by Gasteiger charge is -2.29. The number of carbonyl (C=O) groups excluding carboxylic acids is 1.